The normalized spacial score (nSPS) is 13.5. The largest absolute Gasteiger partial charge is 0.451 e. The van der Waals surface area contributed by atoms with Gasteiger partial charge in [-0.1, -0.05) is 23.7 Å². The lowest BCUT2D eigenvalue weighted by Gasteiger charge is -2.14. The molecule has 7 nitrogen and oxygen atoms in total. The van der Waals surface area contributed by atoms with E-state index in [1.54, 1.807) is 31.2 Å². The van der Waals surface area contributed by atoms with Gasteiger partial charge >= 0.3 is 6.18 Å². The minimum atomic E-state index is -4.86. The van der Waals surface area contributed by atoms with Crippen molar-refractivity contribution in [1.29, 1.82) is 0 Å². The summed E-state index contributed by atoms with van der Waals surface area (Å²) in [4.78, 5) is 12.0. The summed E-state index contributed by atoms with van der Waals surface area (Å²) in [6.45, 7) is 1.61. The standard InChI is InChI=1S/C14H14ClF3N4O3S/c1-8(9-4-3-5-10(15)6-9)19-11(23)7-26(24,25)13-21-20-12(22(13)2)14(16,17)18/h3-6,8H,7H2,1-2H3,(H,19,23)/t8-/m0/s1. The summed E-state index contributed by atoms with van der Waals surface area (Å²) in [5, 5.41) is 7.86. The molecule has 1 aromatic heterocycles. The number of carbonyl (C=O) groups is 1. The third kappa shape index (κ3) is 4.52. The van der Waals surface area contributed by atoms with Crippen molar-refractivity contribution in [1.82, 2.24) is 20.1 Å². The first-order valence-electron chi connectivity index (χ1n) is 7.16. The Labute approximate surface area is 152 Å². The van der Waals surface area contributed by atoms with Crippen molar-refractivity contribution in [3.63, 3.8) is 0 Å². The lowest BCUT2D eigenvalue weighted by molar-refractivity contribution is -0.147. The van der Waals surface area contributed by atoms with Crippen LogP contribution in [-0.4, -0.2) is 34.8 Å². The van der Waals surface area contributed by atoms with Crippen molar-refractivity contribution in [2.45, 2.75) is 24.3 Å². The van der Waals surface area contributed by atoms with Gasteiger partial charge in [0.25, 0.3) is 0 Å². The van der Waals surface area contributed by atoms with E-state index < -0.39 is 44.7 Å². The van der Waals surface area contributed by atoms with E-state index in [2.05, 4.69) is 15.5 Å². The van der Waals surface area contributed by atoms with Crippen LogP contribution in [0.5, 0.6) is 0 Å². The summed E-state index contributed by atoms with van der Waals surface area (Å²) >= 11 is 5.85. The first kappa shape index (κ1) is 20.2. The Morgan fingerprint density at radius 2 is 2.00 bits per heavy atom. The molecule has 26 heavy (non-hydrogen) atoms. The van der Waals surface area contributed by atoms with E-state index in [0.717, 1.165) is 7.05 Å². The van der Waals surface area contributed by atoms with Crippen molar-refractivity contribution >= 4 is 27.3 Å². The summed E-state index contributed by atoms with van der Waals surface area (Å²) < 4.78 is 62.8. The molecular formula is C14H14ClF3N4O3S. The molecule has 0 radical (unpaired) electrons. The van der Waals surface area contributed by atoms with Gasteiger partial charge in [-0.3, -0.25) is 9.36 Å². The van der Waals surface area contributed by atoms with Crippen molar-refractivity contribution < 1.29 is 26.4 Å². The summed E-state index contributed by atoms with van der Waals surface area (Å²) in [5.74, 6) is -3.43. The summed E-state index contributed by atoms with van der Waals surface area (Å²) in [6, 6.07) is 6.02. The van der Waals surface area contributed by atoms with E-state index in [9.17, 15) is 26.4 Å². The molecule has 0 fully saturated rings. The van der Waals surface area contributed by atoms with E-state index in [-0.39, 0.29) is 0 Å². The zero-order chi connectivity index (χ0) is 19.7. The highest BCUT2D eigenvalue weighted by atomic mass is 35.5. The number of benzene rings is 1. The highest BCUT2D eigenvalue weighted by molar-refractivity contribution is 7.91. The molecule has 2 aromatic rings. The molecule has 0 aliphatic rings. The van der Waals surface area contributed by atoms with E-state index in [1.807, 2.05) is 0 Å². The number of amides is 1. The van der Waals surface area contributed by atoms with Gasteiger partial charge in [0, 0.05) is 12.1 Å². The average Bonchev–Trinajstić information content (AvgIpc) is 2.89. The van der Waals surface area contributed by atoms with Crippen LogP contribution in [0.25, 0.3) is 0 Å². The molecule has 0 aliphatic carbocycles. The smallest absolute Gasteiger partial charge is 0.349 e. The quantitative estimate of drug-likeness (QED) is 0.815. The van der Waals surface area contributed by atoms with Crippen LogP contribution in [0.4, 0.5) is 13.2 Å². The van der Waals surface area contributed by atoms with E-state index in [4.69, 9.17) is 11.6 Å². The maximum atomic E-state index is 12.7. The first-order chi connectivity index (χ1) is 11.9. The number of nitrogens with one attached hydrogen (secondary N) is 1. The fraction of sp³-hybridized carbons (Fsp3) is 0.357. The Balaban J connectivity index is 2.14. The van der Waals surface area contributed by atoms with Gasteiger partial charge in [0.15, 0.2) is 0 Å². The molecule has 1 amide bonds. The van der Waals surface area contributed by atoms with Crippen LogP contribution in [-0.2, 0) is 27.9 Å². The van der Waals surface area contributed by atoms with Crippen molar-refractivity contribution in [3.05, 3.63) is 40.7 Å². The molecular weight excluding hydrogens is 397 g/mol. The Kier molecular flexibility index (Phi) is 5.61. The van der Waals surface area contributed by atoms with Crippen LogP contribution < -0.4 is 5.32 Å². The number of carbonyl (C=O) groups excluding carboxylic acids is 1. The number of halogens is 4. The Morgan fingerprint density at radius 1 is 1.35 bits per heavy atom. The molecule has 142 valence electrons. The lowest BCUT2D eigenvalue weighted by atomic mass is 10.1. The number of aromatic nitrogens is 3. The van der Waals surface area contributed by atoms with Gasteiger partial charge in [-0.2, -0.15) is 13.2 Å². The molecule has 0 unspecified atom stereocenters. The first-order valence-corrected chi connectivity index (χ1v) is 9.19. The summed E-state index contributed by atoms with van der Waals surface area (Å²) in [6.07, 6.45) is -4.86. The molecule has 1 heterocycles. The Bertz CT molecular complexity index is 928. The fourth-order valence-electron chi connectivity index (χ4n) is 2.21. The van der Waals surface area contributed by atoms with E-state index in [0.29, 0.717) is 15.2 Å². The van der Waals surface area contributed by atoms with Crippen LogP contribution in [0.3, 0.4) is 0 Å². The second-order valence-corrected chi connectivity index (χ2v) is 7.79. The maximum Gasteiger partial charge on any atom is 0.451 e. The monoisotopic (exact) mass is 410 g/mol. The second-order valence-electron chi connectivity index (χ2n) is 5.47. The van der Waals surface area contributed by atoms with Crippen LogP contribution in [0, 0.1) is 0 Å². The molecule has 0 spiro atoms. The Morgan fingerprint density at radius 3 is 2.54 bits per heavy atom. The number of nitrogens with zero attached hydrogens (tertiary/aromatic N) is 3. The zero-order valence-electron chi connectivity index (χ0n) is 13.6. The van der Waals surface area contributed by atoms with Crippen molar-refractivity contribution in [2.75, 3.05) is 5.75 Å². The highest BCUT2D eigenvalue weighted by Gasteiger charge is 2.39. The topological polar surface area (TPSA) is 93.9 Å². The van der Waals surface area contributed by atoms with E-state index in [1.165, 1.54) is 0 Å². The van der Waals surface area contributed by atoms with Crippen molar-refractivity contribution in [3.8, 4) is 0 Å². The number of sulfone groups is 1. The molecule has 1 atom stereocenters. The van der Waals surface area contributed by atoms with Gasteiger partial charge in [-0.05, 0) is 24.6 Å². The minimum absolute atomic E-state index is 0.295. The summed E-state index contributed by atoms with van der Waals surface area (Å²) in [7, 11) is -3.55. The van der Waals surface area contributed by atoms with Gasteiger partial charge in [-0.15, -0.1) is 10.2 Å². The van der Waals surface area contributed by atoms with Gasteiger partial charge < -0.3 is 5.32 Å². The molecule has 12 heteroatoms. The average molecular weight is 411 g/mol. The molecule has 1 aromatic carbocycles. The molecule has 0 saturated carbocycles. The predicted octanol–water partition coefficient (Wildman–Crippen LogP) is 2.14. The predicted molar refractivity (Wildman–Crippen MR) is 86.1 cm³/mol. The second kappa shape index (κ2) is 7.23. The maximum absolute atomic E-state index is 12.7. The zero-order valence-corrected chi connectivity index (χ0v) is 15.2. The molecule has 2 rings (SSSR count). The Hall–Kier alpha value is -2.14. The number of hydrogen-bond donors (Lipinski definition) is 1. The molecule has 0 bridgehead atoms. The van der Waals surface area contributed by atoms with Gasteiger partial charge in [0.1, 0.15) is 5.75 Å². The molecule has 0 aliphatic heterocycles. The third-order valence-corrected chi connectivity index (χ3v) is 5.20. The SMILES string of the molecule is C[C@H](NC(=O)CS(=O)(=O)c1nnc(C(F)(F)F)n1C)c1cccc(Cl)c1. The summed E-state index contributed by atoms with van der Waals surface area (Å²) in [5.41, 5.74) is 0.640. The van der Waals surface area contributed by atoms with Gasteiger partial charge in [0.2, 0.25) is 26.7 Å². The number of hydrogen-bond acceptors (Lipinski definition) is 5. The van der Waals surface area contributed by atoms with Gasteiger partial charge in [0.05, 0.1) is 6.04 Å². The lowest BCUT2D eigenvalue weighted by Crippen LogP contribution is -2.33. The van der Waals surface area contributed by atoms with Crippen molar-refractivity contribution in [2.24, 2.45) is 7.05 Å². The van der Waals surface area contributed by atoms with E-state index >= 15 is 0 Å². The number of rotatable bonds is 5. The van der Waals surface area contributed by atoms with Crippen LogP contribution in [0.2, 0.25) is 5.02 Å². The molecule has 0 saturated heterocycles. The third-order valence-electron chi connectivity index (χ3n) is 3.41. The van der Waals surface area contributed by atoms with Crippen LogP contribution in [0.1, 0.15) is 24.4 Å². The highest BCUT2D eigenvalue weighted by Crippen LogP contribution is 2.28. The van der Waals surface area contributed by atoms with Gasteiger partial charge in [-0.25, -0.2) is 8.42 Å². The number of alkyl halides is 3. The molecule has 1 N–H and O–H groups in total. The van der Waals surface area contributed by atoms with Crippen LogP contribution in [0.15, 0.2) is 29.4 Å². The minimum Gasteiger partial charge on any atom is -0.349 e. The fourth-order valence-corrected chi connectivity index (χ4v) is 3.64. The van der Waals surface area contributed by atoms with Crippen LogP contribution >= 0.6 is 11.6 Å².